The molecule has 1 heterocycles. The quantitative estimate of drug-likeness (QED) is 0.599. The minimum Gasteiger partial charge on any atom is -0.496 e. The second kappa shape index (κ2) is 7.34. The monoisotopic (exact) mass is 329 g/mol. The van der Waals surface area contributed by atoms with Gasteiger partial charge in [-0.15, -0.1) is 0 Å². The van der Waals surface area contributed by atoms with Crippen molar-refractivity contribution < 1.29 is 19.1 Å². The molecule has 1 aromatic heterocycles. The molecule has 0 N–H and O–H groups in total. The van der Waals surface area contributed by atoms with Crippen LogP contribution < -0.4 is 4.74 Å². The summed E-state index contributed by atoms with van der Waals surface area (Å²) in [5.41, 5.74) is 3.72. The molecule has 2 rings (SSSR count). The lowest BCUT2D eigenvalue weighted by atomic mass is 10.1. The fraction of sp³-hybridized carbons (Fsp3) is 0.368. The fourth-order valence-corrected chi connectivity index (χ4v) is 2.83. The standard InChI is InChI=1S/C19H23NO4/c1-6-20-12(2)9-17(13(20)3)19(22)24-11-16-10-15(14(4)21)7-8-18(16)23-5/h7-10H,6,11H2,1-5H3. The molecule has 0 atom stereocenters. The van der Waals surface area contributed by atoms with Gasteiger partial charge in [0, 0.05) is 29.1 Å². The molecule has 0 aliphatic carbocycles. The van der Waals surface area contributed by atoms with E-state index >= 15 is 0 Å². The molecule has 0 aliphatic rings. The number of carbonyl (C=O) groups excluding carboxylic acids is 2. The number of hydrogen-bond acceptors (Lipinski definition) is 4. The Morgan fingerprint density at radius 2 is 1.88 bits per heavy atom. The average molecular weight is 329 g/mol. The number of aromatic nitrogens is 1. The molecule has 0 bridgehead atoms. The number of hydrogen-bond donors (Lipinski definition) is 0. The molecule has 1 aromatic carbocycles. The molecule has 0 amide bonds. The predicted molar refractivity (Wildman–Crippen MR) is 91.7 cm³/mol. The Morgan fingerprint density at radius 3 is 2.42 bits per heavy atom. The van der Waals surface area contributed by atoms with Crippen LogP contribution in [0.2, 0.25) is 0 Å². The Bertz CT molecular complexity index is 774. The maximum absolute atomic E-state index is 12.4. The zero-order valence-corrected chi connectivity index (χ0v) is 14.8. The van der Waals surface area contributed by atoms with Gasteiger partial charge in [0.1, 0.15) is 12.4 Å². The van der Waals surface area contributed by atoms with E-state index in [1.165, 1.54) is 6.92 Å². The van der Waals surface area contributed by atoms with E-state index in [9.17, 15) is 9.59 Å². The van der Waals surface area contributed by atoms with Crippen molar-refractivity contribution in [3.8, 4) is 5.75 Å². The van der Waals surface area contributed by atoms with Gasteiger partial charge in [-0.1, -0.05) is 0 Å². The van der Waals surface area contributed by atoms with E-state index < -0.39 is 0 Å². The number of aryl methyl sites for hydroxylation is 1. The van der Waals surface area contributed by atoms with E-state index in [2.05, 4.69) is 4.57 Å². The first-order valence-electron chi connectivity index (χ1n) is 7.90. The maximum atomic E-state index is 12.4. The van der Waals surface area contributed by atoms with E-state index in [-0.39, 0.29) is 18.4 Å². The first kappa shape index (κ1) is 17.8. The Kier molecular flexibility index (Phi) is 5.44. The number of benzene rings is 1. The molecule has 128 valence electrons. The Hall–Kier alpha value is -2.56. The molecule has 0 fully saturated rings. The molecule has 0 aliphatic heterocycles. The Morgan fingerprint density at radius 1 is 1.17 bits per heavy atom. The van der Waals surface area contributed by atoms with Crippen LogP contribution in [0.5, 0.6) is 5.75 Å². The van der Waals surface area contributed by atoms with Crippen LogP contribution >= 0.6 is 0 Å². The summed E-state index contributed by atoms with van der Waals surface area (Å²) in [7, 11) is 1.54. The lowest BCUT2D eigenvalue weighted by molar-refractivity contribution is 0.0469. The number of methoxy groups -OCH3 is 1. The largest absolute Gasteiger partial charge is 0.496 e. The van der Waals surface area contributed by atoms with Crippen molar-refractivity contribution in [2.75, 3.05) is 7.11 Å². The minimum absolute atomic E-state index is 0.0447. The predicted octanol–water partition coefficient (Wildman–Crippen LogP) is 3.69. The molecule has 0 unspecified atom stereocenters. The summed E-state index contributed by atoms with van der Waals surface area (Å²) in [5, 5.41) is 0. The van der Waals surface area contributed by atoms with Gasteiger partial charge in [0.15, 0.2) is 5.78 Å². The molecular formula is C19H23NO4. The summed E-state index contributed by atoms with van der Waals surface area (Å²) < 4.78 is 12.8. The Labute approximate surface area is 142 Å². The van der Waals surface area contributed by atoms with Crippen molar-refractivity contribution in [2.24, 2.45) is 0 Å². The lowest BCUT2D eigenvalue weighted by Gasteiger charge is -2.11. The lowest BCUT2D eigenvalue weighted by Crippen LogP contribution is -2.08. The van der Waals surface area contributed by atoms with E-state index in [0.717, 1.165) is 17.9 Å². The number of carbonyl (C=O) groups is 2. The number of esters is 1. The van der Waals surface area contributed by atoms with Gasteiger partial charge in [-0.2, -0.15) is 0 Å². The van der Waals surface area contributed by atoms with Crippen LogP contribution in [0.15, 0.2) is 24.3 Å². The third-order valence-corrected chi connectivity index (χ3v) is 4.16. The van der Waals surface area contributed by atoms with Gasteiger partial charge in [-0.3, -0.25) is 4.79 Å². The molecule has 2 aromatic rings. The first-order valence-corrected chi connectivity index (χ1v) is 7.90. The molecular weight excluding hydrogens is 306 g/mol. The van der Waals surface area contributed by atoms with Crippen LogP contribution in [-0.2, 0) is 17.9 Å². The average Bonchev–Trinajstić information content (AvgIpc) is 2.86. The van der Waals surface area contributed by atoms with E-state index in [1.54, 1.807) is 25.3 Å². The van der Waals surface area contributed by atoms with Crippen LogP contribution in [0.3, 0.4) is 0 Å². The maximum Gasteiger partial charge on any atom is 0.340 e. The highest BCUT2D eigenvalue weighted by Gasteiger charge is 2.17. The molecule has 5 nitrogen and oxygen atoms in total. The smallest absolute Gasteiger partial charge is 0.340 e. The van der Waals surface area contributed by atoms with E-state index in [0.29, 0.717) is 22.4 Å². The number of ether oxygens (including phenoxy) is 2. The fourth-order valence-electron chi connectivity index (χ4n) is 2.83. The highest BCUT2D eigenvalue weighted by Crippen LogP contribution is 2.22. The van der Waals surface area contributed by atoms with Gasteiger partial charge in [-0.05, 0) is 52.0 Å². The second-order valence-corrected chi connectivity index (χ2v) is 5.69. The van der Waals surface area contributed by atoms with E-state index in [4.69, 9.17) is 9.47 Å². The molecule has 0 saturated heterocycles. The van der Waals surface area contributed by atoms with Gasteiger partial charge in [-0.25, -0.2) is 4.79 Å². The second-order valence-electron chi connectivity index (χ2n) is 5.69. The minimum atomic E-state index is -0.377. The molecule has 24 heavy (non-hydrogen) atoms. The van der Waals surface area contributed by atoms with E-state index in [1.807, 2.05) is 26.8 Å². The topological polar surface area (TPSA) is 57.5 Å². The summed E-state index contributed by atoms with van der Waals surface area (Å²) in [6.07, 6.45) is 0. The zero-order chi connectivity index (χ0) is 17.9. The SMILES string of the molecule is CCn1c(C)cc(C(=O)OCc2cc(C(C)=O)ccc2OC)c1C. The molecule has 0 spiro atoms. The molecule has 0 saturated carbocycles. The number of Topliss-reactive ketones (excluding diaryl/α,β-unsaturated/α-hetero) is 1. The van der Waals surface area contributed by atoms with Crippen molar-refractivity contribution in [3.05, 3.63) is 52.3 Å². The van der Waals surface area contributed by atoms with Gasteiger partial charge in [0.25, 0.3) is 0 Å². The first-order chi connectivity index (χ1) is 11.4. The molecule has 0 radical (unpaired) electrons. The van der Waals surface area contributed by atoms with Crippen LogP contribution in [-0.4, -0.2) is 23.4 Å². The van der Waals surface area contributed by atoms with Crippen molar-refractivity contribution >= 4 is 11.8 Å². The van der Waals surface area contributed by atoms with Gasteiger partial charge in [0.05, 0.1) is 12.7 Å². The summed E-state index contributed by atoms with van der Waals surface area (Å²) in [6, 6.07) is 6.94. The van der Waals surface area contributed by atoms with Gasteiger partial charge >= 0.3 is 5.97 Å². The third-order valence-electron chi connectivity index (χ3n) is 4.16. The number of nitrogens with zero attached hydrogens (tertiary/aromatic N) is 1. The van der Waals surface area contributed by atoms with Gasteiger partial charge in [0.2, 0.25) is 0 Å². The summed E-state index contributed by atoms with van der Waals surface area (Å²) in [6.45, 7) is 8.26. The van der Waals surface area contributed by atoms with Crippen LogP contribution in [0.4, 0.5) is 0 Å². The van der Waals surface area contributed by atoms with Gasteiger partial charge < -0.3 is 14.0 Å². The normalized spacial score (nSPS) is 10.5. The number of ketones is 1. The summed E-state index contributed by atoms with van der Waals surface area (Å²) in [5.74, 6) is 0.168. The zero-order valence-electron chi connectivity index (χ0n) is 14.8. The highest BCUT2D eigenvalue weighted by molar-refractivity contribution is 5.94. The van der Waals surface area contributed by atoms with Crippen molar-refractivity contribution in [2.45, 2.75) is 40.8 Å². The third kappa shape index (κ3) is 3.50. The summed E-state index contributed by atoms with van der Waals surface area (Å²) in [4.78, 5) is 23.9. The van der Waals surface area contributed by atoms with Crippen molar-refractivity contribution in [1.29, 1.82) is 0 Å². The van der Waals surface area contributed by atoms with Crippen molar-refractivity contribution in [3.63, 3.8) is 0 Å². The van der Waals surface area contributed by atoms with Crippen LogP contribution in [0.1, 0.15) is 51.5 Å². The van der Waals surface area contributed by atoms with Crippen LogP contribution in [0.25, 0.3) is 0 Å². The number of rotatable bonds is 6. The van der Waals surface area contributed by atoms with Crippen LogP contribution in [0, 0.1) is 13.8 Å². The molecule has 5 heteroatoms. The summed E-state index contributed by atoms with van der Waals surface area (Å²) >= 11 is 0. The Balaban J connectivity index is 2.20. The highest BCUT2D eigenvalue weighted by atomic mass is 16.5. The van der Waals surface area contributed by atoms with Crippen molar-refractivity contribution in [1.82, 2.24) is 4.57 Å².